The molecule has 1 aromatic heterocycles. The Hall–Kier alpha value is -1.26. The first-order valence-electron chi connectivity index (χ1n) is 6.75. The summed E-state index contributed by atoms with van der Waals surface area (Å²) < 4.78 is 0. The van der Waals surface area contributed by atoms with E-state index < -0.39 is 0 Å². The van der Waals surface area contributed by atoms with Gasteiger partial charge in [0, 0.05) is 29.9 Å². The molecule has 2 aromatic rings. The average molecular weight is 306 g/mol. The number of thioether (sulfide) groups is 1. The van der Waals surface area contributed by atoms with Gasteiger partial charge in [0.2, 0.25) is 0 Å². The molecule has 0 amide bonds. The Balaban J connectivity index is 1.66. The molecule has 0 N–H and O–H groups in total. The van der Waals surface area contributed by atoms with E-state index >= 15 is 0 Å². The first kappa shape index (κ1) is 13.7. The third-order valence-electron chi connectivity index (χ3n) is 3.33. The predicted octanol–water partition coefficient (Wildman–Crippen LogP) is 4.02. The van der Waals surface area contributed by atoms with Gasteiger partial charge in [-0.2, -0.15) is 0 Å². The van der Waals surface area contributed by atoms with Crippen molar-refractivity contribution in [2.24, 2.45) is 0 Å². The second kappa shape index (κ2) is 6.46. The third-order valence-corrected chi connectivity index (χ3v) is 4.57. The van der Waals surface area contributed by atoms with Crippen LogP contribution in [0.2, 0.25) is 5.02 Å². The Morgan fingerprint density at radius 2 is 2.00 bits per heavy atom. The highest BCUT2D eigenvalue weighted by Gasteiger charge is 2.14. The van der Waals surface area contributed by atoms with E-state index in [4.69, 9.17) is 11.6 Å². The van der Waals surface area contributed by atoms with Crippen molar-refractivity contribution in [2.45, 2.75) is 23.6 Å². The number of hydrogen-bond donors (Lipinski definition) is 0. The van der Waals surface area contributed by atoms with Gasteiger partial charge in [-0.25, -0.2) is 9.97 Å². The van der Waals surface area contributed by atoms with Crippen molar-refractivity contribution in [3.8, 4) is 0 Å². The van der Waals surface area contributed by atoms with Gasteiger partial charge in [0.15, 0.2) is 0 Å². The molecule has 3 nitrogen and oxygen atoms in total. The number of hydrogen-bond acceptors (Lipinski definition) is 4. The molecule has 0 spiro atoms. The number of rotatable bonds is 4. The summed E-state index contributed by atoms with van der Waals surface area (Å²) in [6, 6.07) is 10.0. The zero-order valence-electron chi connectivity index (χ0n) is 11.1. The quantitative estimate of drug-likeness (QED) is 0.630. The molecule has 3 rings (SSSR count). The average Bonchev–Trinajstić information content (AvgIpc) is 3.00. The van der Waals surface area contributed by atoms with Crippen LogP contribution in [0.5, 0.6) is 0 Å². The van der Waals surface area contributed by atoms with Gasteiger partial charge >= 0.3 is 0 Å². The Morgan fingerprint density at radius 1 is 1.15 bits per heavy atom. The SMILES string of the molecule is Clc1cccc(CSc2cc(N3CCCC3)ncn2)c1. The lowest BCUT2D eigenvalue weighted by Gasteiger charge is -2.16. The molecule has 20 heavy (non-hydrogen) atoms. The van der Waals surface area contributed by atoms with Gasteiger partial charge in [-0.15, -0.1) is 11.8 Å². The second-order valence-corrected chi connectivity index (χ2v) is 6.26. The van der Waals surface area contributed by atoms with E-state index in [9.17, 15) is 0 Å². The zero-order chi connectivity index (χ0) is 13.8. The lowest BCUT2D eigenvalue weighted by atomic mass is 10.2. The van der Waals surface area contributed by atoms with Gasteiger partial charge < -0.3 is 4.90 Å². The molecule has 5 heteroatoms. The molecule has 1 aliphatic rings. The minimum absolute atomic E-state index is 0.781. The van der Waals surface area contributed by atoms with Crippen LogP contribution in [0.3, 0.4) is 0 Å². The second-order valence-electron chi connectivity index (χ2n) is 4.83. The molecular weight excluding hydrogens is 290 g/mol. The lowest BCUT2D eigenvalue weighted by molar-refractivity contribution is 0.908. The topological polar surface area (TPSA) is 29.0 Å². The van der Waals surface area contributed by atoms with Crippen LogP contribution in [-0.4, -0.2) is 23.1 Å². The first-order valence-corrected chi connectivity index (χ1v) is 8.12. The summed E-state index contributed by atoms with van der Waals surface area (Å²) in [5.74, 6) is 1.92. The highest BCUT2D eigenvalue weighted by atomic mass is 35.5. The van der Waals surface area contributed by atoms with Crippen LogP contribution in [0.15, 0.2) is 41.7 Å². The summed E-state index contributed by atoms with van der Waals surface area (Å²) in [5.41, 5.74) is 1.21. The molecule has 1 aromatic carbocycles. The number of aromatic nitrogens is 2. The normalized spacial score (nSPS) is 14.8. The number of benzene rings is 1. The summed E-state index contributed by atoms with van der Waals surface area (Å²) in [6.45, 7) is 2.21. The van der Waals surface area contributed by atoms with Crippen LogP contribution >= 0.6 is 23.4 Å². The van der Waals surface area contributed by atoms with Gasteiger partial charge in [0.05, 0.1) is 0 Å². The smallest absolute Gasteiger partial charge is 0.133 e. The van der Waals surface area contributed by atoms with E-state index in [-0.39, 0.29) is 0 Å². The van der Waals surface area contributed by atoms with E-state index in [0.29, 0.717) is 0 Å². The van der Waals surface area contributed by atoms with Crippen molar-refractivity contribution in [1.29, 1.82) is 0 Å². The third kappa shape index (κ3) is 3.44. The molecule has 0 atom stereocenters. The summed E-state index contributed by atoms with van der Waals surface area (Å²) in [4.78, 5) is 11.0. The maximum Gasteiger partial charge on any atom is 0.133 e. The molecule has 1 aliphatic heterocycles. The number of nitrogens with zero attached hydrogens (tertiary/aromatic N) is 3. The fourth-order valence-corrected chi connectivity index (χ4v) is 3.33. The predicted molar refractivity (Wildman–Crippen MR) is 84.5 cm³/mol. The fourth-order valence-electron chi connectivity index (χ4n) is 2.31. The monoisotopic (exact) mass is 305 g/mol. The standard InChI is InChI=1S/C15H16ClN3S/c16-13-5-3-4-12(8-13)10-20-15-9-14(17-11-18-15)19-6-1-2-7-19/h3-5,8-9,11H,1-2,6-7,10H2. The first-order chi connectivity index (χ1) is 9.81. The Labute approximate surface area is 128 Å². The zero-order valence-corrected chi connectivity index (χ0v) is 12.7. The number of halogens is 1. The van der Waals surface area contributed by atoms with Crippen LogP contribution in [0.25, 0.3) is 0 Å². The van der Waals surface area contributed by atoms with Gasteiger partial charge in [0.1, 0.15) is 17.2 Å². The van der Waals surface area contributed by atoms with Crippen molar-refractivity contribution >= 4 is 29.2 Å². The van der Waals surface area contributed by atoms with E-state index in [2.05, 4.69) is 27.0 Å². The summed E-state index contributed by atoms with van der Waals surface area (Å²) in [7, 11) is 0. The molecule has 0 saturated carbocycles. The maximum atomic E-state index is 6.00. The summed E-state index contributed by atoms with van der Waals surface area (Å²) in [5, 5.41) is 1.80. The minimum Gasteiger partial charge on any atom is -0.356 e. The van der Waals surface area contributed by atoms with Crippen molar-refractivity contribution < 1.29 is 0 Å². The Kier molecular flexibility index (Phi) is 4.43. The largest absolute Gasteiger partial charge is 0.356 e. The molecular formula is C15H16ClN3S. The summed E-state index contributed by atoms with van der Waals surface area (Å²) >= 11 is 7.72. The van der Waals surface area contributed by atoms with Crippen molar-refractivity contribution in [1.82, 2.24) is 9.97 Å². The van der Waals surface area contributed by atoms with Crippen LogP contribution < -0.4 is 4.90 Å². The van der Waals surface area contributed by atoms with Crippen LogP contribution in [-0.2, 0) is 5.75 Å². The fraction of sp³-hybridized carbons (Fsp3) is 0.333. The van der Waals surface area contributed by atoms with Gasteiger partial charge in [-0.3, -0.25) is 0 Å². The minimum atomic E-state index is 0.781. The molecule has 2 heterocycles. The molecule has 0 unspecified atom stereocenters. The van der Waals surface area contributed by atoms with Gasteiger partial charge in [-0.05, 0) is 30.5 Å². The number of anilines is 1. The Morgan fingerprint density at radius 3 is 2.80 bits per heavy atom. The molecule has 104 valence electrons. The Bertz CT molecular complexity index is 585. The molecule has 0 bridgehead atoms. The molecule has 1 fully saturated rings. The van der Waals surface area contributed by atoms with Crippen LogP contribution in [0.4, 0.5) is 5.82 Å². The molecule has 0 aliphatic carbocycles. The molecule has 0 radical (unpaired) electrons. The maximum absolute atomic E-state index is 6.00. The van der Waals surface area contributed by atoms with Gasteiger partial charge in [-0.1, -0.05) is 23.7 Å². The highest BCUT2D eigenvalue weighted by Crippen LogP contribution is 2.25. The highest BCUT2D eigenvalue weighted by molar-refractivity contribution is 7.98. The van der Waals surface area contributed by atoms with Crippen molar-refractivity contribution in [3.05, 3.63) is 47.2 Å². The van der Waals surface area contributed by atoms with E-state index in [0.717, 1.165) is 34.7 Å². The summed E-state index contributed by atoms with van der Waals surface area (Å²) in [6.07, 6.45) is 4.18. The molecule has 1 saturated heterocycles. The van der Waals surface area contributed by atoms with Crippen LogP contribution in [0, 0.1) is 0 Å². The lowest BCUT2D eigenvalue weighted by Crippen LogP contribution is -2.18. The van der Waals surface area contributed by atoms with E-state index in [1.165, 1.54) is 18.4 Å². The van der Waals surface area contributed by atoms with Crippen LogP contribution in [0.1, 0.15) is 18.4 Å². The van der Waals surface area contributed by atoms with Gasteiger partial charge in [0.25, 0.3) is 0 Å². The van der Waals surface area contributed by atoms with E-state index in [1.807, 2.05) is 18.2 Å². The van der Waals surface area contributed by atoms with E-state index in [1.54, 1.807) is 18.1 Å². The van der Waals surface area contributed by atoms with Crippen molar-refractivity contribution in [3.63, 3.8) is 0 Å². The van der Waals surface area contributed by atoms with Crippen molar-refractivity contribution in [2.75, 3.05) is 18.0 Å².